The lowest BCUT2D eigenvalue weighted by Gasteiger charge is -2.48. The Kier molecular flexibility index (Phi) is 0.822. The first-order valence-corrected chi connectivity index (χ1v) is 5.41. The zero-order valence-corrected chi connectivity index (χ0v) is 9.41. The van der Waals surface area contributed by atoms with Crippen LogP contribution in [-0.2, 0) is 0 Å². The molecule has 0 radical (unpaired) electrons. The first-order chi connectivity index (χ1) is 17.3. The van der Waals surface area contributed by atoms with Gasteiger partial charge in [-0.25, -0.2) is 0 Å². The second kappa shape index (κ2) is 5.50. The summed E-state index contributed by atoms with van der Waals surface area (Å²) in [5, 5.41) is 1.92. The van der Waals surface area contributed by atoms with Crippen LogP contribution >= 0.6 is 0 Å². The summed E-state index contributed by atoms with van der Waals surface area (Å²) in [6.45, 7) is 0. The smallest absolute Gasteiger partial charge is 0.0812 e. The molecule has 1 aliphatic heterocycles. The van der Waals surface area contributed by atoms with E-state index in [0.29, 0.717) is 0 Å². The zero-order chi connectivity index (χ0) is 31.9. The lowest BCUT2D eigenvalue weighted by molar-refractivity contribution is 0.121. The summed E-state index contributed by atoms with van der Waals surface area (Å²) < 4.78 is 185. The summed E-state index contributed by atoms with van der Waals surface area (Å²) in [6.07, 6.45) is -35.4. The van der Waals surface area contributed by atoms with Crippen LogP contribution in [0.5, 0.6) is 0 Å². The fourth-order valence-corrected chi connectivity index (χ4v) is 1.90. The molecule has 0 amide bonds. The van der Waals surface area contributed by atoms with Crippen LogP contribution in [0.15, 0.2) is 24.3 Å². The Morgan fingerprint density at radius 3 is 2.33 bits per heavy atom. The van der Waals surface area contributed by atoms with Crippen molar-refractivity contribution in [1.29, 1.82) is 0 Å². The van der Waals surface area contributed by atoms with Gasteiger partial charge in [-0.1, -0.05) is 50.3 Å². The van der Waals surface area contributed by atoms with Gasteiger partial charge in [0.15, 0.2) is 0 Å². The topological polar surface area (TPSA) is 12.0 Å². The molecule has 1 nitrogen and oxygen atoms in total. The van der Waals surface area contributed by atoms with Gasteiger partial charge in [-0.05, 0) is 49.6 Å². The summed E-state index contributed by atoms with van der Waals surface area (Å²) >= 11 is 0. The van der Waals surface area contributed by atoms with E-state index in [2.05, 4.69) is 0 Å². The third-order valence-corrected chi connectivity index (χ3v) is 2.79. The molecule has 2 saturated carbocycles. The van der Waals surface area contributed by atoms with Gasteiger partial charge in [-0.2, -0.15) is 0 Å². The third kappa shape index (κ3) is 2.24. The van der Waals surface area contributed by atoms with Crippen LogP contribution in [0.25, 0.3) is 0 Å². The summed E-state index contributed by atoms with van der Waals surface area (Å²) in [4.78, 5) is 0. The molecular weight excluding hydrogens is 218 g/mol. The average molecular weight is 268 g/mol. The van der Waals surface area contributed by atoms with E-state index in [4.69, 9.17) is 27.4 Å². The summed E-state index contributed by atoms with van der Waals surface area (Å²) in [6, 6.07) is -4.03. The molecule has 2 atom stereocenters. The number of allylic oxidation sites excluding steroid dienone is 2. The predicted molar refractivity (Wildman–Crippen MR) is 77.3 cm³/mol. The highest BCUT2D eigenvalue weighted by Gasteiger charge is 2.43. The van der Waals surface area contributed by atoms with Gasteiger partial charge in [0.25, 0.3) is 0 Å². The monoisotopic (exact) mass is 267 g/mol. The van der Waals surface area contributed by atoms with Crippen LogP contribution in [0, 0.1) is 11.8 Å². The Hall–Kier alpha value is -0.720. The molecule has 0 aromatic carbocycles. The quantitative estimate of drug-likeness (QED) is 0.773. The van der Waals surface area contributed by atoms with Gasteiger partial charge in [0.05, 0.1) is 11.0 Å². The van der Waals surface area contributed by atoms with Crippen molar-refractivity contribution in [3.8, 4) is 0 Å². The predicted octanol–water partition coefficient (Wildman–Crippen LogP) is 4.56. The van der Waals surface area contributed by atoms with Crippen molar-refractivity contribution in [1.82, 2.24) is 5.32 Å². The lowest BCUT2D eigenvalue weighted by atomic mass is 9.63. The molecule has 3 rings (SSSR count). The third-order valence-electron chi connectivity index (χ3n) is 2.79. The second-order valence-electron chi connectivity index (χ2n) is 3.79. The van der Waals surface area contributed by atoms with E-state index in [1.54, 1.807) is 0 Å². The molecule has 3 aliphatic rings. The largest absolute Gasteiger partial charge is 0.381 e. The minimum absolute atomic E-state index is 1.11. The van der Waals surface area contributed by atoms with Crippen molar-refractivity contribution in [2.24, 2.45) is 11.8 Å². The van der Waals surface area contributed by atoms with E-state index in [9.17, 15) is 2.74 Å². The zero-order valence-electron chi connectivity index (χ0n) is 31.4. The second-order valence-corrected chi connectivity index (χ2v) is 3.79. The SMILES string of the molecule is [2H]C1=C([2H])C([2H])=C([2H])C(C2([2H])CC([2H])([2H])C([2H])([2H])C([2H])([2H])C2([2H])[2H])(C2([2H])CC([2H])([2H])C([2H])([2H])C([2H])([2H])C2([2H])[2H])N1. The molecule has 0 saturated heterocycles. The van der Waals surface area contributed by atoms with Gasteiger partial charge >= 0.3 is 0 Å². The Bertz CT molecular complexity index is 1120. The number of hydrogen-bond acceptors (Lipinski definition) is 1. The standard InChI is InChI=1S/C17H27N/c1-3-9-15(10-4-1)17(13-7-8-14-18-17)16-11-5-2-6-12-16/h7-8,13-16,18H,1-6,9-12H2/i1D2,2D2,3D2,4D2,5D2,6D2,7D,8D,9D2,11D2,13D,14D,15D,16D. The van der Waals surface area contributed by atoms with E-state index in [1.165, 1.54) is 0 Å². The van der Waals surface area contributed by atoms with Crippen molar-refractivity contribution in [2.45, 2.75) is 69.4 Å². The van der Waals surface area contributed by atoms with Crippen LogP contribution in [0.3, 0.4) is 0 Å². The summed E-state index contributed by atoms with van der Waals surface area (Å²) in [5.41, 5.74) is -3.76. The Morgan fingerprint density at radius 1 is 1.00 bits per heavy atom. The van der Waals surface area contributed by atoms with Crippen LogP contribution < -0.4 is 5.32 Å². The van der Waals surface area contributed by atoms with Gasteiger partial charge in [0.2, 0.25) is 0 Å². The number of hydrogen-bond donors (Lipinski definition) is 1. The first kappa shape index (κ1) is 2.69. The first-order valence-electron chi connectivity index (χ1n) is 16.4. The highest BCUT2D eigenvalue weighted by atomic mass is 15.0. The average Bonchev–Trinajstić information content (AvgIpc) is 2.76. The van der Waals surface area contributed by atoms with Crippen LogP contribution in [0.1, 0.15) is 94.0 Å². The highest BCUT2D eigenvalue weighted by Crippen LogP contribution is 2.44. The lowest BCUT2D eigenvalue weighted by Crippen LogP contribution is -2.55. The number of nitrogens with one attached hydrogen (secondary N) is 1. The summed E-state index contributed by atoms with van der Waals surface area (Å²) in [7, 11) is 0. The Labute approximate surface area is 143 Å². The molecule has 1 heterocycles. The fraction of sp³-hybridized carbons (Fsp3) is 0.765. The van der Waals surface area contributed by atoms with Crippen molar-refractivity contribution in [2.75, 3.05) is 0 Å². The van der Waals surface area contributed by atoms with Gasteiger partial charge in [0, 0.05) is 24.7 Å². The minimum Gasteiger partial charge on any atom is -0.381 e. The van der Waals surface area contributed by atoms with Gasteiger partial charge < -0.3 is 5.32 Å². The molecule has 2 fully saturated rings. The van der Waals surface area contributed by atoms with Crippen LogP contribution in [0.2, 0.25) is 0 Å². The van der Waals surface area contributed by atoms with E-state index in [1.807, 2.05) is 5.32 Å². The molecule has 0 bridgehead atoms. The maximum Gasteiger partial charge on any atom is 0.0812 e. The molecule has 2 aliphatic carbocycles. The van der Waals surface area contributed by atoms with Gasteiger partial charge in [0.1, 0.15) is 0 Å². The van der Waals surface area contributed by atoms with Crippen LogP contribution in [-0.4, -0.2) is 5.54 Å². The highest BCUT2D eigenvalue weighted by molar-refractivity contribution is 5.23. The van der Waals surface area contributed by atoms with E-state index in [-0.39, 0.29) is 0 Å². The number of dihydropyridines is 1. The minimum atomic E-state index is -4.05. The molecule has 0 aromatic rings. The maximum absolute atomic E-state index is 9.31. The van der Waals surface area contributed by atoms with Crippen molar-refractivity contribution < 1.29 is 30.2 Å². The van der Waals surface area contributed by atoms with Crippen molar-refractivity contribution >= 4 is 0 Å². The van der Waals surface area contributed by atoms with E-state index in [0.717, 1.165) is 0 Å². The van der Waals surface area contributed by atoms with Crippen LogP contribution in [0.4, 0.5) is 0 Å². The van der Waals surface area contributed by atoms with Gasteiger partial charge in [-0.3, -0.25) is 0 Å². The molecule has 0 spiro atoms. The fourth-order valence-electron chi connectivity index (χ4n) is 1.90. The van der Waals surface area contributed by atoms with E-state index < -0.39 is 105 Å². The Morgan fingerprint density at radius 2 is 1.67 bits per heavy atom. The summed E-state index contributed by atoms with van der Waals surface area (Å²) in [5.74, 6) is -7.67. The molecule has 0 aromatic heterocycles. The molecule has 1 N–H and O–H groups in total. The Balaban J connectivity index is 2.64. The van der Waals surface area contributed by atoms with Crippen molar-refractivity contribution in [3.05, 3.63) is 24.3 Å². The molecule has 18 heavy (non-hydrogen) atoms. The van der Waals surface area contributed by atoms with E-state index >= 15 is 0 Å². The normalized spacial score (nSPS) is 91.1. The molecule has 2 unspecified atom stereocenters. The number of rotatable bonds is 2. The van der Waals surface area contributed by atoms with Crippen molar-refractivity contribution in [3.63, 3.8) is 0 Å². The molecule has 100 valence electrons. The van der Waals surface area contributed by atoms with Gasteiger partial charge in [-0.15, -0.1) is 0 Å². The maximum atomic E-state index is 9.31. The molecular formula is C17H27N. The molecule has 1 heteroatoms.